The van der Waals surface area contributed by atoms with Gasteiger partial charge in [-0.3, -0.25) is 9.67 Å². The van der Waals surface area contributed by atoms with Crippen molar-refractivity contribution < 1.29 is 0 Å². The molecule has 1 aromatic carbocycles. The Balaban J connectivity index is 1.65. The van der Waals surface area contributed by atoms with Gasteiger partial charge in [-0.25, -0.2) is 0 Å². The molecule has 0 aliphatic rings. The third kappa shape index (κ3) is 3.48. The molecule has 106 valence electrons. The highest BCUT2D eigenvalue weighted by molar-refractivity contribution is 5.36. The van der Waals surface area contributed by atoms with Crippen LogP contribution in [-0.2, 0) is 6.54 Å². The molecule has 0 aliphatic carbocycles. The molecule has 1 atom stereocenters. The van der Waals surface area contributed by atoms with Crippen LogP contribution >= 0.6 is 0 Å². The van der Waals surface area contributed by atoms with Gasteiger partial charge < -0.3 is 5.32 Å². The van der Waals surface area contributed by atoms with Crippen LogP contribution in [0.1, 0.15) is 24.2 Å². The molecule has 0 saturated carbocycles. The van der Waals surface area contributed by atoms with Crippen LogP contribution in [0.2, 0.25) is 0 Å². The van der Waals surface area contributed by atoms with Crippen molar-refractivity contribution in [1.82, 2.24) is 14.8 Å². The lowest BCUT2D eigenvalue weighted by Gasteiger charge is -2.13. The minimum absolute atomic E-state index is 0.226. The third-order valence-corrected chi connectivity index (χ3v) is 3.35. The van der Waals surface area contributed by atoms with E-state index in [2.05, 4.69) is 34.5 Å². The quantitative estimate of drug-likeness (QED) is 0.776. The lowest BCUT2D eigenvalue weighted by molar-refractivity contribution is 0.671. The maximum Gasteiger partial charge on any atom is 0.148 e. The monoisotopic (exact) mass is 278 g/mol. The number of benzene rings is 1. The Hall–Kier alpha value is -2.62. The van der Waals surface area contributed by atoms with Gasteiger partial charge in [0.25, 0.3) is 0 Å². The van der Waals surface area contributed by atoms with Crippen LogP contribution in [0.25, 0.3) is 0 Å². The standard InChI is InChI=1S/C17H18N4/c1-14(15-7-3-2-4-8-15)19-17-10-12-21(20-17)13-16-9-5-6-11-18-16/h2-12,14H,13H2,1H3,(H,19,20)/t14-/m1/s1. The van der Waals surface area contributed by atoms with Gasteiger partial charge in [-0.15, -0.1) is 0 Å². The third-order valence-electron chi connectivity index (χ3n) is 3.35. The average molecular weight is 278 g/mol. The van der Waals surface area contributed by atoms with E-state index in [-0.39, 0.29) is 6.04 Å². The number of nitrogens with one attached hydrogen (secondary N) is 1. The zero-order valence-corrected chi connectivity index (χ0v) is 12.0. The van der Waals surface area contributed by atoms with Crippen molar-refractivity contribution in [3.8, 4) is 0 Å². The SMILES string of the molecule is C[C@@H](Nc1ccn(Cc2ccccn2)n1)c1ccccc1. The number of hydrogen-bond acceptors (Lipinski definition) is 3. The molecular weight excluding hydrogens is 260 g/mol. The van der Waals surface area contributed by atoms with E-state index < -0.39 is 0 Å². The first-order valence-corrected chi connectivity index (χ1v) is 7.06. The fraction of sp³-hybridized carbons (Fsp3) is 0.176. The molecule has 2 aromatic heterocycles. The van der Waals surface area contributed by atoms with E-state index in [1.807, 2.05) is 53.3 Å². The lowest BCUT2D eigenvalue weighted by Crippen LogP contribution is -2.08. The molecule has 0 spiro atoms. The Morgan fingerprint density at radius 3 is 2.62 bits per heavy atom. The van der Waals surface area contributed by atoms with Crippen LogP contribution in [0, 0.1) is 0 Å². The zero-order chi connectivity index (χ0) is 14.5. The highest BCUT2D eigenvalue weighted by Crippen LogP contribution is 2.17. The maximum absolute atomic E-state index is 4.54. The fourth-order valence-electron chi connectivity index (χ4n) is 2.23. The summed E-state index contributed by atoms with van der Waals surface area (Å²) >= 11 is 0. The highest BCUT2D eigenvalue weighted by Gasteiger charge is 2.06. The Bertz CT molecular complexity index is 676. The molecule has 0 aliphatic heterocycles. The van der Waals surface area contributed by atoms with Crippen LogP contribution in [0.5, 0.6) is 0 Å². The minimum atomic E-state index is 0.226. The molecule has 3 rings (SSSR count). The Labute approximate surface area is 124 Å². The van der Waals surface area contributed by atoms with Gasteiger partial charge in [-0.2, -0.15) is 5.10 Å². The van der Waals surface area contributed by atoms with Crippen molar-refractivity contribution >= 4 is 5.82 Å². The van der Waals surface area contributed by atoms with E-state index in [0.29, 0.717) is 6.54 Å². The van der Waals surface area contributed by atoms with Crippen LogP contribution in [-0.4, -0.2) is 14.8 Å². The summed E-state index contributed by atoms with van der Waals surface area (Å²) in [5.74, 6) is 0.877. The number of pyridine rings is 1. The molecule has 0 bridgehead atoms. The van der Waals surface area contributed by atoms with Gasteiger partial charge in [0.05, 0.1) is 12.2 Å². The summed E-state index contributed by atoms with van der Waals surface area (Å²) in [4.78, 5) is 4.31. The summed E-state index contributed by atoms with van der Waals surface area (Å²) in [6.45, 7) is 2.81. The molecule has 0 fully saturated rings. The molecule has 2 heterocycles. The average Bonchev–Trinajstić information content (AvgIpc) is 2.96. The van der Waals surface area contributed by atoms with Crippen molar-refractivity contribution in [2.24, 2.45) is 0 Å². The van der Waals surface area contributed by atoms with Crippen molar-refractivity contribution in [2.75, 3.05) is 5.32 Å². The van der Waals surface area contributed by atoms with Gasteiger partial charge in [-0.05, 0) is 24.6 Å². The van der Waals surface area contributed by atoms with E-state index >= 15 is 0 Å². The molecule has 4 heteroatoms. The van der Waals surface area contributed by atoms with E-state index in [1.54, 1.807) is 6.20 Å². The minimum Gasteiger partial charge on any atom is -0.362 e. The smallest absolute Gasteiger partial charge is 0.148 e. The lowest BCUT2D eigenvalue weighted by atomic mass is 10.1. The van der Waals surface area contributed by atoms with Gasteiger partial charge in [0.15, 0.2) is 0 Å². The summed E-state index contributed by atoms with van der Waals surface area (Å²) in [6.07, 6.45) is 3.77. The molecule has 3 aromatic rings. The molecule has 21 heavy (non-hydrogen) atoms. The fourth-order valence-corrected chi connectivity index (χ4v) is 2.23. The van der Waals surface area contributed by atoms with E-state index in [9.17, 15) is 0 Å². The first-order valence-electron chi connectivity index (χ1n) is 7.06. The van der Waals surface area contributed by atoms with Gasteiger partial charge in [0.2, 0.25) is 0 Å². The molecule has 0 radical (unpaired) electrons. The van der Waals surface area contributed by atoms with Gasteiger partial charge in [0.1, 0.15) is 5.82 Å². The second kappa shape index (κ2) is 6.22. The van der Waals surface area contributed by atoms with Gasteiger partial charge >= 0.3 is 0 Å². The normalized spacial score (nSPS) is 12.0. The van der Waals surface area contributed by atoms with Crippen LogP contribution in [0.15, 0.2) is 67.0 Å². The van der Waals surface area contributed by atoms with Crippen molar-refractivity contribution in [1.29, 1.82) is 0 Å². The molecule has 0 unspecified atom stereocenters. The second-order valence-electron chi connectivity index (χ2n) is 5.00. The van der Waals surface area contributed by atoms with Crippen molar-refractivity contribution in [3.05, 3.63) is 78.2 Å². The summed E-state index contributed by atoms with van der Waals surface area (Å²) in [5.41, 5.74) is 2.25. The predicted octanol–water partition coefficient (Wildman–Crippen LogP) is 3.50. The predicted molar refractivity (Wildman–Crippen MR) is 84.0 cm³/mol. The Kier molecular flexibility index (Phi) is 3.96. The molecular formula is C17H18N4. The van der Waals surface area contributed by atoms with Gasteiger partial charge in [0, 0.05) is 24.5 Å². The van der Waals surface area contributed by atoms with Crippen LogP contribution in [0.4, 0.5) is 5.82 Å². The summed E-state index contributed by atoms with van der Waals surface area (Å²) in [7, 11) is 0. The van der Waals surface area contributed by atoms with E-state index in [0.717, 1.165) is 11.5 Å². The Morgan fingerprint density at radius 1 is 1.05 bits per heavy atom. The molecule has 4 nitrogen and oxygen atoms in total. The van der Waals surface area contributed by atoms with E-state index in [4.69, 9.17) is 0 Å². The second-order valence-corrected chi connectivity index (χ2v) is 5.00. The molecule has 0 saturated heterocycles. The van der Waals surface area contributed by atoms with Crippen LogP contribution < -0.4 is 5.32 Å². The number of aromatic nitrogens is 3. The van der Waals surface area contributed by atoms with Crippen LogP contribution in [0.3, 0.4) is 0 Å². The topological polar surface area (TPSA) is 42.7 Å². The summed E-state index contributed by atoms with van der Waals surface area (Å²) < 4.78 is 1.89. The van der Waals surface area contributed by atoms with E-state index in [1.165, 1.54) is 5.56 Å². The number of rotatable bonds is 5. The number of hydrogen-bond donors (Lipinski definition) is 1. The first-order chi connectivity index (χ1) is 10.3. The zero-order valence-electron chi connectivity index (χ0n) is 12.0. The maximum atomic E-state index is 4.54. The van der Waals surface area contributed by atoms with Crippen molar-refractivity contribution in [3.63, 3.8) is 0 Å². The Morgan fingerprint density at radius 2 is 1.86 bits per heavy atom. The first kappa shape index (κ1) is 13.4. The molecule has 1 N–H and O–H groups in total. The summed E-state index contributed by atoms with van der Waals surface area (Å²) in [6, 6.07) is 18.5. The summed E-state index contributed by atoms with van der Waals surface area (Å²) in [5, 5.41) is 7.95. The van der Waals surface area contributed by atoms with Crippen molar-refractivity contribution in [2.45, 2.75) is 19.5 Å². The highest BCUT2D eigenvalue weighted by atomic mass is 15.3. The van der Waals surface area contributed by atoms with Gasteiger partial charge in [-0.1, -0.05) is 36.4 Å². The largest absolute Gasteiger partial charge is 0.362 e. The number of anilines is 1. The molecule has 0 amide bonds. The number of nitrogens with zero attached hydrogens (tertiary/aromatic N) is 3.